The molecule has 2 amide bonds. The lowest BCUT2D eigenvalue weighted by atomic mass is 9.90. The van der Waals surface area contributed by atoms with Gasteiger partial charge in [-0.15, -0.1) is 0 Å². The lowest BCUT2D eigenvalue weighted by Gasteiger charge is -2.43. The summed E-state index contributed by atoms with van der Waals surface area (Å²) in [6.07, 6.45) is -0.971. The Labute approximate surface area is 92.0 Å². The average molecular weight is 232 g/mol. The second kappa shape index (κ2) is 3.68. The fourth-order valence-corrected chi connectivity index (χ4v) is 2.29. The molecule has 1 unspecified atom stereocenters. The first-order valence-corrected chi connectivity index (χ1v) is 5.33. The third-order valence-electron chi connectivity index (χ3n) is 3.41. The molecule has 1 aliphatic carbocycles. The number of amides is 2. The van der Waals surface area contributed by atoms with Gasteiger partial charge in [-0.3, -0.25) is 9.59 Å². The van der Waals surface area contributed by atoms with Gasteiger partial charge in [-0.05, 0) is 25.7 Å². The zero-order chi connectivity index (χ0) is 11.9. The van der Waals surface area contributed by atoms with Crippen LogP contribution in [0.5, 0.6) is 0 Å². The molecule has 0 bridgehead atoms. The van der Waals surface area contributed by atoms with Crippen LogP contribution in [0, 0.1) is 5.92 Å². The molecule has 2 rings (SSSR count). The van der Waals surface area contributed by atoms with Crippen LogP contribution in [0.15, 0.2) is 0 Å². The predicted octanol–water partition coefficient (Wildman–Crippen LogP) is 0.379. The highest BCUT2D eigenvalue weighted by Crippen LogP contribution is 2.44. The van der Waals surface area contributed by atoms with Gasteiger partial charge in [0.05, 0.1) is 13.1 Å². The summed E-state index contributed by atoms with van der Waals surface area (Å²) >= 11 is 0. The summed E-state index contributed by atoms with van der Waals surface area (Å²) in [5.41, 5.74) is -1.08. The van der Waals surface area contributed by atoms with E-state index in [4.69, 9.17) is 0 Å². The lowest BCUT2D eigenvalue weighted by Crippen LogP contribution is -2.67. The first-order valence-electron chi connectivity index (χ1n) is 5.33. The van der Waals surface area contributed by atoms with E-state index in [1.165, 1.54) is 0 Å². The van der Waals surface area contributed by atoms with Crippen molar-refractivity contribution in [2.75, 3.05) is 13.1 Å². The minimum Gasteiger partial charge on any atom is -0.345 e. The molecule has 2 fully saturated rings. The minimum absolute atomic E-state index is 0.0236. The van der Waals surface area contributed by atoms with Crippen LogP contribution in [-0.2, 0) is 9.59 Å². The summed E-state index contributed by atoms with van der Waals surface area (Å²) in [6, 6.07) is 0. The first-order chi connectivity index (χ1) is 7.46. The summed E-state index contributed by atoms with van der Waals surface area (Å²) in [4.78, 5) is 24.4. The molecule has 1 atom stereocenters. The highest BCUT2D eigenvalue weighted by Gasteiger charge is 2.55. The number of piperazine rings is 1. The van der Waals surface area contributed by atoms with E-state index in [0.717, 1.165) is 17.7 Å². The Morgan fingerprint density at radius 1 is 1.50 bits per heavy atom. The molecular weight excluding hydrogens is 218 g/mol. The SMILES string of the molecule is CC1(C2CC2)C(=O)NCC(=O)N1CC(F)F. The molecule has 0 radical (unpaired) electrons. The quantitative estimate of drug-likeness (QED) is 0.764. The topological polar surface area (TPSA) is 49.4 Å². The van der Waals surface area contributed by atoms with Gasteiger partial charge < -0.3 is 10.2 Å². The van der Waals surface area contributed by atoms with E-state index in [1.807, 2.05) is 0 Å². The Morgan fingerprint density at radius 3 is 2.62 bits per heavy atom. The van der Waals surface area contributed by atoms with Crippen molar-refractivity contribution in [3.63, 3.8) is 0 Å². The number of halogens is 2. The average Bonchev–Trinajstić information content (AvgIpc) is 3.02. The van der Waals surface area contributed by atoms with E-state index < -0.39 is 24.4 Å². The molecule has 6 heteroatoms. The van der Waals surface area contributed by atoms with Gasteiger partial charge >= 0.3 is 0 Å². The standard InChI is InChI=1S/C10H14F2N2O2/c1-10(6-2-3-6)9(16)13-4-8(15)14(10)5-7(11)12/h6-7H,2-5H2,1H3,(H,13,16). The predicted molar refractivity (Wildman–Crippen MR) is 51.9 cm³/mol. The molecule has 90 valence electrons. The number of nitrogens with one attached hydrogen (secondary N) is 1. The van der Waals surface area contributed by atoms with Crippen LogP contribution in [0.25, 0.3) is 0 Å². The zero-order valence-electron chi connectivity index (χ0n) is 9.00. The van der Waals surface area contributed by atoms with Crippen LogP contribution in [0.1, 0.15) is 19.8 Å². The molecule has 16 heavy (non-hydrogen) atoms. The van der Waals surface area contributed by atoms with Gasteiger partial charge in [-0.2, -0.15) is 0 Å². The third kappa shape index (κ3) is 1.66. The molecule has 1 heterocycles. The van der Waals surface area contributed by atoms with Gasteiger partial charge in [0, 0.05) is 0 Å². The van der Waals surface area contributed by atoms with Crippen molar-refractivity contribution in [1.29, 1.82) is 0 Å². The van der Waals surface area contributed by atoms with E-state index in [-0.39, 0.29) is 18.4 Å². The molecule has 1 saturated heterocycles. The number of nitrogens with zero attached hydrogens (tertiary/aromatic N) is 1. The fraction of sp³-hybridized carbons (Fsp3) is 0.800. The van der Waals surface area contributed by atoms with Crippen molar-refractivity contribution in [3.8, 4) is 0 Å². The smallest absolute Gasteiger partial charge is 0.255 e. The van der Waals surface area contributed by atoms with Crippen molar-refractivity contribution >= 4 is 11.8 Å². The Kier molecular flexibility index (Phi) is 2.59. The Bertz CT molecular complexity index is 331. The Hall–Kier alpha value is -1.20. The zero-order valence-corrected chi connectivity index (χ0v) is 9.00. The molecule has 1 aliphatic heterocycles. The van der Waals surface area contributed by atoms with E-state index in [1.54, 1.807) is 6.92 Å². The van der Waals surface area contributed by atoms with Gasteiger partial charge in [0.25, 0.3) is 6.43 Å². The summed E-state index contributed by atoms with van der Waals surface area (Å²) < 4.78 is 24.8. The minimum atomic E-state index is -2.60. The van der Waals surface area contributed by atoms with E-state index >= 15 is 0 Å². The number of carbonyl (C=O) groups is 2. The summed E-state index contributed by atoms with van der Waals surface area (Å²) in [7, 11) is 0. The number of alkyl halides is 2. The van der Waals surface area contributed by atoms with Crippen LogP contribution in [0.2, 0.25) is 0 Å². The highest BCUT2D eigenvalue weighted by molar-refractivity contribution is 5.98. The van der Waals surface area contributed by atoms with Gasteiger partial charge in [-0.25, -0.2) is 8.78 Å². The third-order valence-corrected chi connectivity index (χ3v) is 3.41. The molecule has 0 aromatic rings. The summed E-state index contributed by atoms with van der Waals surface area (Å²) in [5, 5.41) is 2.47. The fourth-order valence-electron chi connectivity index (χ4n) is 2.29. The Balaban J connectivity index is 2.26. The number of hydrogen-bond donors (Lipinski definition) is 1. The van der Waals surface area contributed by atoms with Gasteiger partial charge in [-0.1, -0.05) is 0 Å². The summed E-state index contributed by atoms with van der Waals surface area (Å²) in [5.74, 6) is -0.708. The van der Waals surface area contributed by atoms with Crippen molar-refractivity contribution in [2.45, 2.75) is 31.7 Å². The van der Waals surface area contributed by atoms with Gasteiger partial charge in [0.15, 0.2) is 0 Å². The first kappa shape index (κ1) is 11.3. The van der Waals surface area contributed by atoms with Gasteiger partial charge in [0.2, 0.25) is 11.8 Å². The second-order valence-corrected chi connectivity index (χ2v) is 4.50. The maximum absolute atomic E-state index is 12.4. The molecule has 1 saturated carbocycles. The highest BCUT2D eigenvalue weighted by atomic mass is 19.3. The molecule has 0 aromatic carbocycles. The van der Waals surface area contributed by atoms with Crippen LogP contribution in [0.3, 0.4) is 0 Å². The molecular formula is C10H14F2N2O2. The molecule has 0 spiro atoms. The molecule has 2 aliphatic rings. The van der Waals surface area contributed by atoms with E-state index in [2.05, 4.69) is 5.32 Å². The van der Waals surface area contributed by atoms with Crippen molar-refractivity contribution in [2.24, 2.45) is 5.92 Å². The number of carbonyl (C=O) groups excluding carboxylic acids is 2. The van der Waals surface area contributed by atoms with E-state index in [9.17, 15) is 18.4 Å². The van der Waals surface area contributed by atoms with Crippen LogP contribution < -0.4 is 5.32 Å². The normalized spacial score (nSPS) is 30.9. The maximum atomic E-state index is 12.4. The molecule has 4 nitrogen and oxygen atoms in total. The Morgan fingerprint density at radius 2 is 2.12 bits per heavy atom. The van der Waals surface area contributed by atoms with Crippen LogP contribution >= 0.6 is 0 Å². The maximum Gasteiger partial charge on any atom is 0.255 e. The van der Waals surface area contributed by atoms with Crippen molar-refractivity contribution < 1.29 is 18.4 Å². The number of hydrogen-bond acceptors (Lipinski definition) is 2. The van der Waals surface area contributed by atoms with Gasteiger partial charge in [0.1, 0.15) is 5.54 Å². The lowest BCUT2D eigenvalue weighted by molar-refractivity contribution is -0.156. The molecule has 1 N–H and O–H groups in total. The van der Waals surface area contributed by atoms with Crippen molar-refractivity contribution in [1.82, 2.24) is 10.2 Å². The van der Waals surface area contributed by atoms with Crippen LogP contribution in [-0.4, -0.2) is 41.8 Å². The van der Waals surface area contributed by atoms with Crippen molar-refractivity contribution in [3.05, 3.63) is 0 Å². The van der Waals surface area contributed by atoms with Crippen LogP contribution in [0.4, 0.5) is 8.78 Å². The number of rotatable bonds is 3. The largest absolute Gasteiger partial charge is 0.345 e. The summed E-state index contributed by atoms with van der Waals surface area (Å²) in [6.45, 7) is 0.757. The second-order valence-electron chi connectivity index (χ2n) is 4.50. The molecule has 0 aromatic heterocycles. The monoisotopic (exact) mass is 232 g/mol. The van der Waals surface area contributed by atoms with E-state index in [0.29, 0.717) is 0 Å².